The summed E-state index contributed by atoms with van der Waals surface area (Å²) in [5.74, 6) is 0.938. The second-order valence-corrected chi connectivity index (χ2v) is 6.92. The van der Waals surface area contributed by atoms with Crippen molar-refractivity contribution in [3.8, 4) is 0 Å². The minimum absolute atomic E-state index is 0.00188. The van der Waals surface area contributed by atoms with Crippen LogP contribution in [0.25, 0.3) is 11.0 Å². The summed E-state index contributed by atoms with van der Waals surface area (Å²) in [5.41, 5.74) is 3.75. The fourth-order valence-electron chi connectivity index (χ4n) is 3.47. The maximum Gasteiger partial charge on any atom is 0.253 e. The Morgan fingerprint density at radius 2 is 1.89 bits per heavy atom. The number of nitrogens with zero attached hydrogens (tertiary/aromatic N) is 3. The Morgan fingerprint density at radius 1 is 1.11 bits per heavy atom. The molecule has 0 aliphatic heterocycles. The van der Waals surface area contributed by atoms with Crippen molar-refractivity contribution in [1.82, 2.24) is 14.7 Å². The predicted molar refractivity (Wildman–Crippen MR) is 109 cm³/mol. The second kappa shape index (κ2) is 7.72. The van der Waals surface area contributed by atoms with Gasteiger partial charge in [0.25, 0.3) is 5.91 Å². The number of carbonyl (C=O) groups is 1. The third kappa shape index (κ3) is 3.56. The molecule has 1 amide bonds. The number of amides is 1. The van der Waals surface area contributed by atoms with E-state index in [1.807, 2.05) is 66.5 Å². The topological polar surface area (TPSA) is 51.3 Å². The van der Waals surface area contributed by atoms with Crippen molar-refractivity contribution in [2.45, 2.75) is 26.4 Å². The van der Waals surface area contributed by atoms with Gasteiger partial charge in [-0.2, -0.15) is 5.10 Å². The molecule has 0 radical (unpaired) electrons. The van der Waals surface area contributed by atoms with Gasteiger partial charge in [-0.1, -0.05) is 37.3 Å². The van der Waals surface area contributed by atoms with Gasteiger partial charge in [0.05, 0.1) is 6.54 Å². The lowest BCUT2D eigenvalue weighted by atomic mass is 10.1. The molecule has 142 valence electrons. The van der Waals surface area contributed by atoms with Crippen molar-refractivity contribution in [3.05, 3.63) is 89.4 Å². The van der Waals surface area contributed by atoms with Crippen molar-refractivity contribution in [2.24, 2.45) is 0 Å². The SMILES string of the molecule is CCc1oc2ccccc2c1CN(C)C(=O)c1ccc(Cn2cccn2)cc1. The van der Waals surface area contributed by atoms with Crippen molar-refractivity contribution in [1.29, 1.82) is 0 Å². The summed E-state index contributed by atoms with van der Waals surface area (Å²) in [6, 6.07) is 17.6. The third-order valence-electron chi connectivity index (χ3n) is 4.95. The van der Waals surface area contributed by atoms with E-state index in [4.69, 9.17) is 4.42 Å². The summed E-state index contributed by atoms with van der Waals surface area (Å²) >= 11 is 0. The van der Waals surface area contributed by atoms with Crippen LogP contribution in [-0.4, -0.2) is 27.6 Å². The maximum atomic E-state index is 12.9. The smallest absolute Gasteiger partial charge is 0.253 e. The lowest BCUT2D eigenvalue weighted by Gasteiger charge is -2.18. The molecular formula is C23H23N3O2. The normalized spacial score (nSPS) is 11.1. The number of hydrogen-bond donors (Lipinski definition) is 0. The van der Waals surface area contributed by atoms with Gasteiger partial charge in [0.15, 0.2) is 0 Å². The minimum Gasteiger partial charge on any atom is -0.461 e. The monoisotopic (exact) mass is 373 g/mol. The molecule has 28 heavy (non-hydrogen) atoms. The van der Waals surface area contributed by atoms with Gasteiger partial charge in [0.2, 0.25) is 0 Å². The Kier molecular flexibility index (Phi) is 4.98. The average molecular weight is 373 g/mol. The summed E-state index contributed by atoms with van der Waals surface area (Å²) < 4.78 is 7.81. The highest BCUT2D eigenvalue weighted by molar-refractivity contribution is 5.94. The van der Waals surface area contributed by atoms with E-state index >= 15 is 0 Å². The number of aryl methyl sites for hydroxylation is 1. The number of para-hydroxylation sites is 1. The van der Waals surface area contributed by atoms with Crippen LogP contribution >= 0.6 is 0 Å². The van der Waals surface area contributed by atoms with Crippen LogP contribution in [0.5, 0.6) is 0 Å². The molecule has 5 heteroatoms. The Labute approximate surface area is 164 Å². The zero-order valence-electron chi connectivity index (χ0n) is 16.1. The molecule has 0 fully saturated rings. The molecule has 0 saturated carbocycles. The first kappa shape index (κ1) is 18.0. The molecule has 0 unspecified atom stereocenters. The van der Waals surface area contributed by atoms with Gasteiger partial charge in [-0.25, -0.2) is 0 Å². The van der Waals surface area contributed by atoms with E-state index in [2.05, 4.69) is 18.1 Å². The first-order valence-electron chi connectivity index (χ1n) is 9.47. The molecule has 0 N–H and O–H groups in total. The van der Waals surface area contributed by atoms with E-state index in [-0.39, 0.29) is 5.91 Å². The molecule has 0 aliphatic rings. The summed E-state index contributed by atoms with van der Waals surface area (Å²) in [7, 11) is 1.83. The second-order valence-electron chi connectivity index (χ2n) is 6.92. The lowest BCUT2D eigenvalue weighted by Crippen LogP contribution is -2.26. The fourth-order valence-corrected chi connectivity index (χ4v) is 3.47. The quantitative estimate of drug-likeness (QED) is 0.500. The number of furan rings is 1. The van der Waals surface area contributed by atoms with Gasteiger partial charge in [0, 0.05) is 48.9 Å². The summed E-state index contributed by atoms with van der Waals surface area (Å²) in [4.78, 5) is 14.7. The highest BCUT2D eigenvalue weighted by Crippen LogP contribution is 2.27. The van der Waals surface area contributed by atoms with Gasteiger partial charge in [-0.05, 0) is 29.8 Å². The Balaban J connectivity index is 1.51. The van der Waals surface area contributed by atoms with Crippen molar-refractivity contribution >= 4 is 16.9 Å². The van der Waals surface area contributed by atoms with Gasteiger partial charge >= 0.3 is 0 Å². The highest BCUT2D eigenvalue weighted by Gasteiger charge is 2.18. The molecule has 4 aromatic rings. The van der Waals surface area contributed by atoms with Crippen LogP contribution in [0.1, 0.15) is 34.2 Å². The maximum absolute atomic E-state index is 12.9. The standard InChI is InChI=1S/C23H23N3O2/c1-3-21-20(19-7-4-5-8-22(19)28-21)16-25(2)23(27)18-11-9-17(10-12-18)15-26-14-6-13-24-26/h4-14H,3,15-16H2,1-2H3. The molecule has 0 saturated heterocycles. The Bertz CT molecular complexity index is 1080. The van der Waals surface area contributed by atoms with E-state index in [0.29, 0.717) is 18.7 Å². The van der Waals surface area contributed by atoms with Crippen LogP contribution in [0.3, 0.4) is 0 Å². The third-order valence-corrected chi connectivity index (χ3v) is 4.95. The molecule has 5 nitrogen and oxygen atoms in total. The van der Waals surface area contributed by atoms with E-state index < -0.39 is 0 Å². The van der Waals surface area contributed by atoms with E-state index in [1.54, 1.807) is 11.1 Å². The molecule has 2 heterocycles. The van der Waals surface area contributed by atoms with Crippen molar-refractivity contribution in [3.63, 3.8) is 0 Å². The molecule has 2 aromatic carbocycles. The summed E-state index contributed by atoms with van der Waals surface area (Å²) in [6.07, 6.45) is 4.48. The molecule has 0 bridgehead atoms. The van der Waals surface area contributed by atoms with E-state index in [1.165, 1.54) is 0 Å². The van der Waals surface area contributed by atoms with Crippen LogP contribution in [0.15, 0.2) is 71.4 Å². The van der Waals surface area contributed by atoms with Crippen LogP contribution in [-0.2, 0) is 19.5 Å². The highest BCUT2D eigenvalue weighted by atomic mass is 16.3. The average Bonchev–Trinajstić information content (AvgIpc) is 3.36. The van der Waals surface area contributed by atoms with Crippen molar-refractivity contribution in [2.75, 3.05) is 7.05 Å². The number of benzene rings is 2. The molecular weight excluding hydrogens is 350 g/mol. The number of rotatable bonds is 6. The van der Waals surface area contributed by atoms with Gasteiger partial charge in [-0.3, -0.25) is 9.48 Å². The molecule has 0 atom stereocenters. The number of carbonyl (C=O) groups excluding carboxylic acids is 1. The largest absolute Gasteiger partial charge is 0.461 e. The zero-order chi connectivity index (χ0) is 19.5. The van der Waals surface area contributed by atoms with Gasteiger partial charge in [0.1, 0.15) is 11.3 Å². The van der Waals surface area contributed by atoms with Crippen molar-refractivity contribution < 1.29 is 9.21 Å². The fraction of sp³-hybridized carbons (Fsp3) is 0.217. The first-order chi connectivity index (χ1) is 13.7. The molecule has 0 spiro atoms. The van der Waals surface area contributed by atoms with Gasteiger partial charge < -0.3 is 9.32 Å². The number of fused-ring (bicyclic) bond motifs is 1. The summed E-state index contributed by atoms with van der Waals surface area (Å²) in [5, 5.41) is 5.29. The van der Waals surface area contributed by atoms with Crippen LogP contribution in [0, 0.1) is 0 Å². The molecule has 0 aliphatic carbocycles. The zero-order valence-corrected chi connectivity index (χ0v) is 16.1. The van der Waals surface area contributed by atoms with E-state index in [9.17, 15) is 4.79 Å². The predicted octanol–water partition coefficient (Wildman–Crippen LogP) is 4.51. The van der Waals surface area contributed by atoms with Crippen LogP contribution < -0.4 is 0 Å². The van der Waals surface area contributed by atoms with Crippen LogP contribution in [0.2, 0.25) is 0 Å². The summed E-state index contributed by atoms with van der Waals surface area (Å²) in [6.45, 7) is 3.29. The Hall–Kier alpha value is -3.34. The van der Waals surface area contributed by atoms with Crippen LogP contribution in [0.4, 0.5) is 0 Å². The lowest BCUT2D eigenvalue weighted by molar-refractivity contribution is 0.0785. The first-order valence-corrected chi connectivity index (χ1v) is 9.47. The Morgan fingerprint density at radius 3 is 2.61 bits per heavy atom. The number of aromatic nitrogens is 2. The number of hydrogen-bond acceptors (Lipinski definition) is 3. The van der Waals surface area contributed by atoms with E-state index in [0.717, 1.165) is 34.3 Å². The van der Waals surface area contributed by atoms with Gasteiger partial charge in [-0.15, -0.1) is 0 Å². The molecule has 2 aromatic heterocycles. The minimum atomic E-state index is -0.00188. The molecule has 4 rings (SSSR count).